The first-order valence-electron chi connectivity index (χ1n) is 11.4. The summed E-state index contributed by atoms with van der Waals surface area (Å²) in [5, 5.41) is 10.2. The molecule has 34 heavy (non-hydrogen) atoms. The summed E-state index contributed by atoms with van der Waals surface area (Å²) >= 11 is 0. The van der Waals surface area contributed by atoms with Crippen molar-refractivity contribution in [3.63, 3.8) is 0 Å². The molecule has 3 aromatic heterocycles. The topological polar surface area (TPSA) is 118 Å². The number of fused-ring (bicyclic) bond motifs is 1. The lowest BCUT2D eigenvalue weighted by Gasteiger charge is -2.16. The summed E-state index contributed by atoms with van der Waals surface area (Å²) in [7, 11) is 1.63. The Morgan fingerprint density at radius 2 is 1.91 bits per heavy atom. The minimum absolute atomic E-state index is 0.121. The number of rotatable bonds is 8. The number of pyridine rings is 1. The smallest absolute Gasteiger partial charge is 0.251 e. The van der Waals surface area contributed by atoms with Crippen molar-refractivity contribution in [2.75, 3.05) is 24.2 Å². The van der Waals surface area contributed by atoms with E-state index in [1.807, 2.05) is 18.2 Å². The van der Waals surface area contributed by atoms with Crippen LogP contribution < -0.4 is 16.0 Å². The highest BCUT2D eigenvalue weighted by molar-refractivity contribution is 6.06. The Morgan fingerprint density at radius 3 is 2.68 bits per heavy atom. The van der Waals surface area contributed by atoms with Gasteiger partial charge in [-0.1, -0.05) is 25.1 Å². The van der Waals surface area contributed by atoms with Crippen molar-refractivity contribution in [3.05, 3.63) is 66.4 Å². The van der Waals surface area contributed by atoms with Gasteiger partial charge in [0.25, 0.3) is 5.91 Å². The zero-order chi connectivity index (χ0) is 23.5. The van der Waals surface area contributed by atoms with Gasteiger partial charge in [-0.2, -0.15) is 0 Å². The molecule has 1 fully saturated rings. The maximum atomic E-state index is 12.3. The summed E-state index contributed by atoms with van der Waals surface area (Å²) in [6, 6.07) is 10.1. The van der Waals surface area contributed by atoms with E-state index in [4.69, 9.17) is 0 Å². The second-order valence-corrected chi connectivity index (χ2v) is 8.47. The molecule has 0 spiro atoms. The highest BCUT2D eigenvalue weighted by Crippen LogP contribution is 2.27. The molecule has 9 heteroatoms. The highest BCUT2D eigenvalue weighted by atomic mass is 16.1. The molecule has 1 aliphatic rings. The molecule has 1 amide bonds. The molecule has 3 heterocycles. The number of carbonyl (C=O) groups excluding carboxylic acids is 1. The molecule has 1 aliphatic carbocycles. The van der Waals surface area contributed by atoms with E-state index >= 15 is 0 Å². The molecule has 0 radical (unpaired) electrons. The molecule has 0 bridgehead atoms. The number of nitrogens with one attached hydrogen (secondary N) is 3. The zero-order valence-corrected chi connectivity index (χ0v) is 19.1. The fraction of sp³-hybridized carbons (Fsp3) is 0.280. The minimum Gasteiger partial charge on any atom is -0.369 e. The van der Waals surface area contributed by atoms with Gasteiger partial charge in [0, 0.05) is 61.2 Å². The van der Waals surface area contributed by atoms with Gasteiger partial charge in [0.05, 0.1) is 16.8 Å². The average molecular weight is 455 g/mol. The molecule has 1 atom stereocenters. The maximum Gasteiger partial charge on any atom is 0.251 e. The Morgan fingerprint density at radius 1 is 1.09 bits per heavy atom. The number of carbonyl (C=O) groups is 1. The molecule has 0 aliphatic heterocycles. The van der Waals surface area contributed by atoms with E-state index in [0.29, 0.717) is 24.1 Å². The predicted molar refractivity (Wildman–Crippen MR) is 132 cm³/mol. The van der Waals surface area contributed by atoms with E-state index in [-0.39, 0.29) is 11.8 Å². The first-order chi connectivity index (χ1) is 16.6. The monoisotopic (exact) mass is 454 g/mol. The number of benzene rings is 1. The van der Waals surface area contributed by atoms with Gasteiger partial charge in [-0.3, -0.25) is 9.78 Å². The van der Waals surface area contributed by atoms with Crippen LogP contribution in [-0.2, 0) is 0 Å². The van der Waals surface area contributed by atoms with Gasteiger partial charge in [-0.15, -0.1) is 0 Å². The molecule has 1 aromatic carbocycles. The number of amides is 1. The third-order valence-corrected chi connectivity index (χ3v) is 5.92. The van der Waals surface area contributed by atoms with E-state index in [1.54, 1.807) is 31.7 Å². The normalized spacial score (nSPS) is 13.9. The van der Waals surface area contributed by atoms with Crippen molar-refractivity contribution >= 4 is 28.6 Å². The van der Waals surface area contributed by atoms with Gasteiger partial charge in [-0.05, 0) is 24.5 Å². The van der Waals surface area contributed by atoms with Crippen LogP contribution in [0.2, 0.25) is 0 Å². The molecule has 5 rings (SSSR count). The van der Waals surface area contributed by atoms with Crippen LogP contribution in [0.1, 0.15) is 41.6 Å². The standard InChI is InChI=1S/C25H26N8O/c1-15(18-4-3-5-19-20(24(34)26-2)8-9-27-23(18)19)11-28-22-10-21(31-14-32-22)16-12-29-25(30-13-16)33-17-6-7-17/h3-5,8-10,12-15,17H,6-7,11H2,1-2H3,(H,26,34)(H,28,31,32)(H,29,30,33). The van der Waals surface area contributed by atoms with Crippen molar-refractivity contribution in [1.82, 2.24) is 30.2 Å². The van der Waals surface area contributed by atoms with Gasteiger partial charge in [0.2, 0.25) is 5.95 Å². The largest absolute Gasteiger partial charge is 0.369 e. The summed E-state index contributed by atoms with van der Waals surface area (Å²) in [4.78, 5) is 34.3. The highest BCUT2D eigenvalue weighted by Gasteiger charge is 2.21. The number of anilines is 2. The van der Waals surface area contributed by atoms with Crippen LogP contribution in [-0.4, -0.2) is 50.5 Å². The summed E-state index contributed by atoms with van der Waals surface area (Å²) in [6.45, 7) is 2.76. The van der Waals surface area contributed by atoms with Crippen LogP contribution in [0.5, 0.6) is 0 Å². The second kappa shape index (κ2) is 9.38. The van der Waals surface area contributed by atoms with Crippen LogP contribution in [0.4, 0.5) is 11.8 Å². The Balaban J connectivity index is 1.31. The summed E-state index contributed by atoms with van der Waals surface area (Å²) in [5.74, 6) is 1.38. The first kappa shape index (κ1) is 21.7. The lowest BCUT2D eigenvalue weighted by atomic mass is 9.96. The molecule has 0 saturated heterocycles. The van der Waals surface area contributed by atoms with Crippen molar-refractivity contribution in [3.8, 4) is 11.3 Å². The summed E-state index contributed by atoms with van der Waals surface area (Å²) < 4.78 is 0. The Labute approximate surface area is 197 Å². The van der Waals surface area contributed by atoms with Gasteiger partial charge >= 0.3 is 0 Å². The molecule has 9 nitrogen and oxygen atoms in total. The molecule has 1 unspecified atom stereocenters. The quantitative estimate of drug-likeness (QED) is 0.369. The van der Waals surface area contributed by atoms with Gasteiger partial charge in [0.15, 0.2) is 0 Å². The second-order valence-electron chi connectivity index (χ2n) is 8.47. The van der Waals surface area contributed by atoms with E-state index in [2.05, 4.69) is 53.9 Å². The fourth-order valence-corrected chi connectivity index (χ4v) is 3.85. The fourth-order valence-electron chi connectivity index (χ4n) is 3.85. The average Bonchev–Trinajstić information content (AvgIpc) is 3.70. The third kappa shape index (κ3) is 4.63. The predicted octanol–water partition coefficient (Wildman–Crippen LogP) is 3.63. The number of nitrogens with zero attached hydrogens (tertiary/aromatic N) is 5. The van der Waals surface area contributed by atoms with E-state index < -0.39 is 0 Å². The van der Waals surface area contributed by atoms with Crippen molar-refractivity contribution in [2.45, 2.75) is 31.7 Å². The number of para-hydroxylation sites is 1. The van der Waals surface area contributed by atoms with Gasteiger partial charge < -0.3 is 16.0 Å². The molecule has 3 N–H and O–H groups in total. The minimum atomic E-state index is -0.121. The van der Waals surface area contributed by atoms with E-state index in [0.717, 1.165) is 33.5 Å². The number of hydrogen-bond donors (Lipinski definition) is 3. The third-order valence-electron chi connectivity index (χ3n) is 5.92. The van der Waals surface area contributed by atoms with Crippen molar-refractivity contribution < 1.29 is 4.79 Å². The Bertz CT molecular complexity index is 1320. The molecule has 4 aromatic rings. The van der Waals surface area contributed by atoms with E-state index in [1.165, 1.54) is 19.2 Å². The van der Waals surface area contributed by atoms with Crippen LogP contribution in [0, 0.1) is 0 Å². The number of hydrogen-bond acceptors (Lipinski definition) is 8. The van der Waals surface area contributed by atoms with Crippen LogP contribution >= 0.6 is 0 Å². The molecule has 172 valence electrons. The summed E-state index contributed by atoms with van der Waals surface area (Å²) in [5.41, 5.74) is 4.11. The number of aromatic nitrogens is 5. The van der Waals surface area contributed by atoms with Crippen LogP contribution in [0.3, 0.4) is 0 Å². The Hall–Kier alpha value is -4.14. The molecule has 1 saturated carbocycles. The first-order valence-corrected chi connectivity index (χ1v) is 11.4. The van der Waals surface area contributed by atoms with Crippen molar-refractivity contribution in [1.29, 1.82) is 0 Å². The van der Waals surface area contributed by atoms with Gasteiger partial charge in [-0.25, -0.2) is 19.9 Å². The van der Waals surface area contributed by atoms with Crippen LogP contribution in [0.15, 0.2) is 55.2 Å². The lowest BCUT2D eigenvalue weighted by molar-refractivity contribution is 0.0964. The van der Waals surface area contributed by atoms with Gasteiger partial charge in [0.1, 0.15) is 12.1 Å². The lowest BCUT2D eigenvalue weighted by Crippen LogP contribution is -2.18. The summed E-state index contributed by atoms with van der Waals surface area (Å²) in [6.07, 6.45) is 9.12. The maximum absolute atomic E-state index is 12.3. The SMILES string of the molecule is CNC(=O)c1ccnc2c(C(C)CNc3cc(-c4cnc(NC5CC5)nc4)ncn3)cccc12. The van der Waals surface area contributed by atoms with Crippen LogP contribution in [0.25, 0.3) is 22.2 Å². The van der Waals surface area contributed by atoms with E-state index in [9.17, 15) is 4.79 Å². The Kier molecular flexibility index (Phi) is 5.99. The molecular weight excluding hydrogens is 428 g/mol. The molecular formula is C25H26N8O. The van der Waals surface area contributed by atoms with Crippen molar-refractivity contribution in [2.24, 2.45) is 0 Å². The zero-order valence-electron chi connectivity index (χ0n) is 19.1.